The monoisotopic (exact) mass is 249 g/mol. The van der Waals surface area contributed by atoms with Crippen LogP contribution in [0, 0.1) is 0 Å². The molecule has 17 heavy (non-hydrogen) atoms. The maximum atomic E-state index is 10.9. The molecule has 0 aliphatic heterocycles. The standard InChI is InChI=1S/C12H11NO3S/c1-15-10-6-11(17-7-10)16-9-4-2-8(3-5-9)12(13)14/h2-7H,1H3,(H2,13,14). The van der Waals surface area contributed by atoms with Crippen molar-refractivity contribution in [1.29, 1.82) is 0 Å². The molecule has 0 saturated heterocycles. The van der Waals surface area contributed by atoms with Crippen LogP contribution in [0.15, 0.2) is 35.7 Å². The summed E-state index contributed by atoms with van der Waals surface area (Å²) >= 11 is 1.44. The molecule has 1 heterocycles. The maximum absolute atomic E-state index is 10.9. The molecule has 2 aromatic rings. The lowest BCUT2D eigenvalue weighted by Crippen LogP contribution is -2.10. The van der Waals surface area contributed by atoms with Crippen LogP contribution in [-0.2, 0) is 0 Å². The van der Waals surface area contributed by atoms with Gasteiger partial charge in [-0.3, -0.25) is 4.79 Å². The first-order chi connectivity index (χ1) is 8.19. The number of amides is 1. The number of rotatable bonds is 4. The average molecular weight is 249 g/mol. The number of carbonyl (C=O) groups is 1. The number of nitrogens with two attached hydrogens (primary N) is 1. The number of methoxy groups -OCH3 is 1. The lowest BCUT2D eigenvalue weighted by molar-refractivity contribution is 0.100. The second-order valence-corrected chi connectivity index (χ2v) is 4.17. The van der Waals surface area contributed by atoms with Crippen molar-refractivity contribution in [3.8, 4) is 16.6 Å². The summed E-state index contributed by atoms with van der Waals surface area (Å²) in [5.74, 6) is 0.965. The van der Waals surface area contributed by atoms with Crippen molar-refractivity contribution in [3.63, 3.8) is 0 Å². The molecule has 1 aromatic carbocycles. The minimum atomic E-state index is -0.450. The van der Waals surface area contributed by atoms with Gasteiger partial charge >= 0.3 is 0 Å². The van der Waals surface area contributed by atoms with E-state index in [4.69, 9.17) is 15.2 Å². The summed E-state index contributed by atoms with van der Waals surface area (Å²) in [6, 6.07) is 8.45. The third kappa shape index (κ3) is 2.76. The number of hydrogen-bond donors (Lipinski definition) is 1. The van der Waals surface area contributed by atoms with Gasteiger partial charge in [0.25, 0.3) is 0 Å². The molecule has 0 aliphatic carbocycles. The van der Waals surface area contributed by atoms with Gasteiger partial charge in [-0.2, -0.15) is 0 Å². The number of thiophene rings is 1. The number of hydrogen-bond acceptors (Lipinski definition) is 4. The van der Waals surface area contributed by atoms with Crippen LogP contribution >= 0.6 is 11.3 Å². The van der Waals surface area contributed by atoms with Gasteiger partial charge in [0, 0.05) is 17.0 Å². The molecule has 2 N–H and O–H groups in total. The Bertz CT molecular complexity index is 519. The topological polar surface area (TPSA) is 61.6 Å². The zero-order chi connectivity index (χ0) is 12.3. The number of carbonyl (C=O) groups excluding carboxylic acids is 1. The molecule has 88 valence electrons. The maximum Gasteiger partial charge on any atom is 0.248 e. The van der Waals surface area contributed by atoms with Gasteiger partial charge in [0.05, 0.1) is 7.11 Å². The van der Waals surface area contributed by atoms with Crippen molar-refractivity contribution < 1.29 is 14.3 Å². The third-order valence-electron chi connectivity index (χ3n) is 2.14. The second-order valence-electron chi connectivity index (χ2n) is 3.30. The van der Waals surface area contributed by atoms with Gasteiger partial charge in [-0.25, -0.2) is 0 Å². The Hall–Kier alpha value is -2.01. The summed E-state index contributed by atoms with van der Waals surface area (Å²) in [7, 11) is 1.60. The van der Waals surface area contributed by atoms with E-state index in [0.29, 0.717) is 11.3 Å². The first kappa shape index (κ1) is 11.5. The van der Waals surface area contributed by atoms with E-state index in [1.54, 1.807) is 37.4 Å². The van der Waals surface area contributed by atoms with E-state index in [0.717, 1.165) is 10.8 Å². The fourth-order valence-corrected chi connectivity index (χ4v) is 1.99. The van der Waals surface area contributed by atoms with Gasteiger partial charge in [-0.15, -0.1) is 11.3 Å². The van der Waals surface area contributed by atoms with Gasteiger partial charge < -0.3 is 15.2 Å². The molecular formula is C12H11NO3S. The van der Waals surface area contributed by atoms with E-state index < -0.39 is 5.91 Å². The highest BCUT2D eigenvalue weighted by Gasteiger charge is 2.04. The van der Waals surface area contributed by atoms with Crippen LogP contribution in [0.1, 0.15) is 10.4 Å². The summed E-state index contributed by atoms with van der Waals surface area (Å²) < 4.78 is 10.6. The van der Waals surface area contributed by atoms with E-state index in [9.17, 15) is 4.79 Å². The molecule has 1 amide bonds. The molecule has 0 bridgehead atoms. The van der Waals surface area contributed by atoms with Crippen LogP contribution in [-0.4, -0.2) is 13.0 Å². The smallest absolute Gasteiger partial charge is 0.248 e. The first-order valence-corrected chi connectivity index (χ1v) is 5.77. The van der Waals surface area contributed by atoms with Crippen molar-refractivity contribution in [2.45, 2.75) is 0 Å². The quantitative estimate of drug-likeness (QED) is 0.906. The van der Waals surface area contributed by atoms with E-state index in [-0.39, 0.29) is 0 Å². The van der Waals surface area contributed by atoms with Gasteiger partial charge in [-0.1, -0.05) is 0 Å². The van der Waals surface area contributed by atoms with Gasteiger partial charge in [0.15, 0.2) is 5.06 Å². The zero-order valence-corrected chi connectivity index (χ0v) is 9.99. The fourth-order valence-electron chi connectivity index (χ4n) is 1.26. The van der Waals surface area contributed by atoms with Crippen LogP contribution in [0.2, 0.25) is 0 Å². The van der Waals surface area contributed by atoms with Crippen molar-refractivity contribution in [2.75, 3.05) is 7.11 Å². The highest BCUT2D eigenvalue weighted by Crippen LogP contribution is 2.32. The van der Waals surface area contributed by atoms with Gasteiger partial charge in [-0.05, 0) is 24.3 Å². The van der Waals surface area contributed by atoms with E-state index >= 15 is 0 Å². The highest BCUT2D eigenvalue weighted by molar-refractivity contribution is 7.12. The number of primary amides is 1. The lowest BCUT2D eigenvalue weighted by atomic mass is 10.2. The largest absolute Gasteiger partial charge is 0.496 e. The zero-order valence-electron chi connectivity index (χ0n) is 9.17. The molecule has 1 aromatic heterocycles. The summed E-state index contributed by atoms with van der Waals surface area (Å²) in [6.45, 7) is 0. The normalized spacial score (nSPS) is 9.94. The molecule has 0 saturated carbocycles. The SMILES string of the molecule is COc1csc(Oc2ccc(C(N)=O)cc2)c1. The Labute approximate surface area is 103 Å². The Morgan fingerprint density at radius 3 is 2.47 bits per heavy atom. The van der Waals surface area contributed by atoms with E-state index in [1.165, 1.54) is 11.3 Å². The van der Waals surface area contributed by atoms with Crippen LogP contribution < -0.4 is 15.2 Å². The van der Waals surface area contributed by atoms with E-state index in [2.05, 4.69) is 0 Å². The van der Waals surface area contributed by atoms with Crippen LogP contribution in [0.5, 0.6) is 16.6 Å². The molecule has 0 fully saturated rings. The summed E-state index contributed by atoms with van der Waals surface area (Å²) in [5.41, 5.74) is 5.60. The number of ether oxygens (including phenoxy) is 2. The molecule has 4 nitrogen and oxygen atoms in total. The molecular weight excluding hydrogens is 238 g/mol. The third-order valence-corrected chi connectivity index (χ3v) is 2.93. The highest BCUT2D eigenvalue weighted by atomic mass is 32.1. The molecule has 0 unspecified atom stereocenters. The average Bonchev–Trinajstić information content (AvgIpc) is 2.77. The Morgan fingerprint density at radius 2 is 1.94 bits per heavy atom. The predicted molar refractivity (Wildman–Crippen MR) is 65.9 cm³/mol. The van der Waals surface area contributed by atoms with Crippen LogP contribution in [0.4, 0.5) is 0 Å². The van der Waals surface area contributed by atoms with Crippen LogP contribution in [0.25, 0.3) is 0 Å². The fraction of sp³-hybridized carbons (Fsp3) is 0.0833. The van der Waals surface area contributed by atoms with Crippen molar-refractivity contribution in [3.05, 3.63) is 41.3 Å². The van der Waals surface area contributed by atoms with Crippen molar-refractivity contribution in [1.82, 2.24) is 0 Å². The summed E-state index contributed by atoms with van der Waals surface area (Å²) in [5, 5.41) is 2.58. The predicted octanol–water partition coefficient (Wildman–Crippen LogP) is 2.65. The Kier molecular flexibility index (Phi) is 3.30. The molecule has 0 atom stereocenters. The number of benzene rings is 1. The first-order valence-electron chi connectivity index (χ1n) is 4.89. The molecule has 0 radical (unpaired) electrons. The summed E-state index contributed by atoms with van der Waals surface area (Å²) in [6.07, 6.45) is 0. The second kappa shape index (κ2) is 4.88. The van der Waals surface area contributed by atoms with Crippen LogP contribution in [0.3, 0.4) is 0 Å². The Balaban J connectivity index is 2.10. The lowest BCUT2D eigenvalue weighted by Gasteiger charge is -2.02. The van der Waals surface area contributed by atoms with E-state index in [1.807, 2.05) is 5.38 Å². The van der Waals surface area contributed by atoms with Crippen molar-refractivity contribution >= 4 is 17.2 Å². The van der Waals surface area contributed by atoms with Gasteiger partial charge in [0.2, 0.25) is 5.91 Å². The summed E-state index contributed by atoms with van der Waals surface area (Å²) in [4.78, 5) is 10.9. The Morgan fingerprint density at radius 1 is 1.24 bits per heavy atom. The molecule has 0 spiro atoms. The minimum Gasteiger partial charge on any atom is -0.496 e. The van der Waals surface area contributed by atoms with Gasteiger partial charge in [0.1, 0.15) is 11.5 Å². The molecule has 0 aliphatic rings. The van der Waals surface area contributed by atoms with Crippen molar-refractivity contribution in [2.24, 2.45) is 5.73 Å². The molecule has 5 heteroatoms. The minimum absolute atomic E-state index is 0.450. The molecule has 2 rings (SSSR count).